The zero-order chi connectivity index (χ0) is 28.3. The van der Waals surface area contributed by atoms with Crippen LogP contribution in [-0.4, -0.2) is 29.9 Å². The van der Waals surface area contributed by atoms with Crippen LogP contribution in [0.15, 0.2) is 36.4 Å². The minimum Gasteiger partial charge on any atom is -0.351 e. The van der Waals surface area contributed by atoms with Crippen molar-refractivity contribution >= 4 is 58.3 Å². The number of thioether (sulfide) groups is 1. The van der Waals surface area contributed by atoms with Gasteiger partial charge in [0, 0.05) is 17.9 Å². The maximum atomic E-state index is 14.8. The average molecular weight is 623 g/mol. The van der Waals surface area contributed by atoms with Gasteiger partial charge < -0.3 is 5.32 Å². The van der Waals surface area contributed by atoms with Crippen molar-refractivity contribution in [1.82, 2.24) is 5.32 Å². The first-order valence-electron chi connectivity index (χ1n) is 9.60. The topological polar surface area (TPSA) is 29.1 Å². The van der Waals surface area contributed by atoms with Crippen LogP contribution in [0, 0.1) is 0 Å². The molecule has 0 saturated heterocycles. The van der Waals surface area contributed by atoms with Crippen LogP contribution in [0.2, 0.25) is 15.1 Å². The Labute approximate surface area is 221 Å². The number of hydrogen-bond donors (Lipinski definition) is 1. The molecule has 0 spiro atoms. The van der Waals surface area contributed by atoms with Gasteiger partial charge in [-0.05, 0) is 47.7 Å². The van der Waals surface area contributed by atoms with E-state index in [-0.39, 0.29) is 27.2 Å². The minimum atomic E-state index is -5.26. The van der Waals surface area contributed by atoms with Crippen LogP contribution in [0.1, 0.15) is 33.0 Å². The molecule has 16 heteroatoms. The Hall–Kier alpha value is -1.83. The molecule has 1 N–H and O–H groups in total. The third-order valence-electron chi connectivity index (χ3n) is 4.53. The lowest BCUT2D eigenvalue weighted by Crippen LogP contribution is -2.28. The molecule has 0 aliphatic rings. The Morgan fingerprint density at radius 1 is 0.946 bits per heavy atom. The number of allylic oxidation sites excluding steroid dienone is 1. The summed E-state index contributed by atoms with van der Waals surface area (Å²) in [5.74, 6) is -6.51. The van der Waals surface area contributed by atoms with Crippen molar-refractivity contribution in [2.24, 2.45) is 0 Å². The van der Waals surface area contributed by atoms with Gasteiger partial charge in [-0.3, -0.25) is 4.79 Å². The molecule has 1 atom stereocenters. The molecule has 0 fully saturated rings. The van der Waals surface area contributed by atoms with Gasteiger partial charge in [0.25, 0.3) is 5.91 Å². The molecule has 2 nitrogen and oxygen atoms in total. The second-order valence-electron chi connectivity index (χ2n) is 7.14. The summed E-state index contributed by atoms with van der Waals surface area (Å²) < 4.78 is 133. The van der Waals surface area contributed by atoms with Crippen LogP contribution in [0.3, 0.4) is 0 Å². The van der Waals surface area contributed by atoms with E-state index in [1.165, 1.54) is 0 Å². The van der Waals surface area contributed by atoms with Crippen LogP contribution in [-0.2, 0) is 6.18 Å². The highest BCUT2D eigenvalue weighted by Gasteiger charge is 2.41. The number of halogens is 13. The highest BCUT2D eigenvalue weighted by atomic mass is 35.5. The first kappa shape index (κ1) is 31.4. The molecular weight excluding hydrogens is 611 g/mol. The molecule has 0 aromatic heterocycles. The van der Waals surface area contributed by atoms with E-state index in [1.807, 2.05) is 5.32 Å². The first-order chi connectivity index (χ1) is 16.8. The molecule has 2 aromatic carbocycles. The Kier molecular flexibility index (Phi) is 10.1. The van der Waals surface area contributed by atoms with E-state index in [1.54, 1.807) is 0 Å². The lowest BCUT2D eigenvalue weighted by atomic mass is 9.95. The molecule has 0 saturated carbocycles. The van der Waals surface area contributed by atoms with Gasteiger partial charge in [-0.15, -0.1) is 0 Å². The van der Waals surface area contributed by atoms with Crippen molar-refractivity contribution in [3.05, 3.63) is 73.7 Å². The molecule has 204 valence electrons. The summed E-state index contributed by atoms with van der Waals surface area (Å²) in [6, 6.07) is 2.76. The number of carbonyl (C=O) groups excluding carboxylic acids is 1. The number of hydrogen-bond acceptors (Lipinski definition) is 2. The predicted octanol–water partition coefficient (Wildman–Crippen LogP) is 9.30. The van der Waals surface area contributed by atoms with Gasteiger partial charge in [-0.1, -0.05) is 40.9 Å². The summed E-state index contributed by atoms with van der Waals surface area (Å²) >= 11 is 16.7. The summed E-state index contributed by atoms with van der Waals surface area (Å²) in [6.07, 6.45) is -10.4. The van der Waals surface area contributed by atoms with E-state index >= 15 is 0 Å². The zero-order valence-corrected chi connectivity index (χ0v) is 20.8. The van der Waals surface area contributed by atoms with Crippen molar-refractivity contribution in [1.29, 1.82) is 0 Å². The smallest absolute Gasteiger partial charge is 0.351 e. The summed E-state index contributed by atoms with van der Waals surface area (Å²) in [4.78, 5) is 12.1. The number of rotatable bonds is 7. The monoisotopic (exact) mass is 621 g/mol. The van der Waals surface area contributed by atoms with Crippen molar-refractivity contribution in [2.45, 2.75) is 23.8 Å². The predicted molar refractivity (Wildman–Crippen MR) is 122 cm³/mol. The number of amides is 1. The maximum absolute atomic E-state index is 14.8. The van der Waals surface area contributed by atoms with Crippen molar-refractivity contribution in [3.8, 4) is 0 Å². The third kappa shape index (κ3) is 8.86. The molecule has 0 heterocycles. The van der Waals surface area contributed by atoms with Gasteiger partial charge in [0.05, 0.1) is 26.2 Å². The molecule has 0 aliphatic carbocycles. The van der Waals surface area contributed by atoms with E-state index in [2.05, 4.69) is 0 Å². The molecule has 2 rings (SSSR count). The summed E-state index contributed by atoms with van der Waals surface area (Å²) in [7, 11) is 0. The van der Waals surface area contributed by atoms with Crippen LogP contribution in [0.25, 0.3) is 5.83 Å². The molecular formula is C21H12Cl3F10NOS. The minimum absolute atomic E-state index is 0.000507. The Morgan fingerprint density at radius 2 is 1.51 bits per heavy atom. The summed E-state index contributed by atoms with van der Waals surface area (Å²) in [6.45, 7) is -0.643. The van der Waals surface area contributed by atoms with Crippen LogP contribution in [0.4, 0.5) is 43.9 Å². The van der Waals surface area contributed by atoms with Gasteiger partial charge in [-0.2, -0.15) is 39.5 Å². The standard InChI is InChI=1S/C21H12Cl3F10NOS/c22-14-6-10(7-15(23)17(14)24)12(19(26,27)28)8-16(25)9-1-2-11(13(5-9)20(29,30)31)18(36)35-3-4-37-21(32,33)34/h1-2,5-8,12H,3-4H2,(H,35,36)/b16-8-. The average Bonchev–Trinajstić information content (AvgIpc) is 2.75. The van der Waals surface area contributed by atoms with Gasteiger partial charge in [0.2, 0.25) is 0 Å². The second-order valence-corrected chi connectivity index (χ2v) is 9.49. The summed E-state index contributed by atoms with van der Waals surface area (Å²) in [5, 5.41) is 0.845. The molecule has 1 unspecified atom stereocenters. The maximum Gasteiger partial charge on any atom is 0.441 e. The molecule has 0 bridgehead atoms. The zero-order valence-electron chi connectivity index (χ0n) is 17.7. The molecule has 0 aliphatic heterocycles. The van der Waals surface area contributed by atoms with Crippen LogP contribution >= 0.6 is 46.6 Å². The molecule has 2 aromatic rings. The van der Waals surface area contributed by atoms with E-state index in [4.69, 9.17) is 34.8 Å². The highest BCUT2D eigenvalue weighted by Crippen LogP contribution is 2.43. The van der Waals surface area contributed by atoms with Gasteiger partial charge in [0.1, 0.15) is 11.7 Å². The van der Waals surface area contributed by atoms with Gasteiger partial charge in [-0.25, -0.2) is 4.39 Å². The second kappa shape index (κ2) is 11.9. The van der Waals surface area contributed by atoms with E-state index in [0.29, 0.717) is 12.1 Å². The fourth-order valence-corrected chi connectivity index (χ4v) is 3.98. The SMILES string of the molecule is O=C(NCCSC(F)(F)F)c1ccc(/C(F)=C/C(c2cc(Cl)c(Cl)c(Cl)c2)C(F)(F)F)cc1C(F)(F)F. The largest absolute Gasteiger partial charge is 0.441 e. The molecule has 0 radical (unpaired) electrons. The normalized spacial score (nSPS) is 14.0. The van der Waals surface area contributed by atoms with E-state index in [0.717, 1.165) is 12.1 Å². The fourth-order valence-electron chi connectivity index (χ4n) is 2.93. The first-order valence-corrected chi connectivity index (χ1v) is 11.7. The van der Waals surface area contributed by atoms with Crippen molar-refractivity contribution in [2.75, 3.05) is 12.3 Å². The van der Waals surface area contributed by atoms with Crippen molar-refractivity contribution in [3.63, 3.8) is 0 Å². The Bertz CT molecular complexity index is 1160. The highest BCUT2D eigenvalue weighted by molar-refractivity contribution is 8.00. The number of carbonyl (C=O) groups is 1. The quantitative estimate of drug-likeness (QED) is 0.189. The number of alkyl halides is 9. The van der Waals surface area contributed by atoms with Crippen LogP contribution in [0.5, 0.6) is 0 Å². The molecule has 1 amide bonds. The lowest BCUT2D eigenvalue weighted by molar-refractivity contribution is -0.140. The summed E-state index contributed by atoms with van der Waals surface area (Å²) in [5.41, 5.74) is -8.99. The Balaban J connectivity index is 2.44. The Morgan fingerprint density at radius 3 is 2.00 bits per heavy atom. The molecule has 37 heavy (non-hydrogen) atoms. The fraction of sp³-hybridized carbons (Fsp3) is 0.286. The van der Waals surface area contributed by atoms with E-state index in [9.17, 15) is 48.7 Å². The third-order valence-corrected chi connectivity index (χ3v) is 6.46. The van der Waals surface area contributed by atoms with Crippen molar-refractivity contribution < 1.29 is 48.7 Å². The number of benzene rings is 2. The lowest BCUT2D eigenvalue weighted by Gasteiger charge is -2.19. The number of nitrogens with one attached hydrogen (secondary N) is 1. The van der Waals surface area contributed by atoms with Gasteiger partial charge >= 0.3 is 17.9 Å². The van der Waals surface area contributed by atoms with Crippen LogP contribution < -0.4 is 5.32 Å². The van der Waals surface area contributed by atoms with Gasteiger partial charge in [0.15, 0.2) is 0 Å². The van der Waals surface area contributed by atoms with E-state index < -0.39 is 81.8 Å².